The van der Waals surface area contributed by atoms with Crippen LogP contribution in [0.15, 0.2) is 72.3 Å². The summed E-state index contributed by atoms with van der Waals surface area (Å²) in [6.45, 7) is 5.26. The molecule has 0 saturated carbocycles. The Balaban J connectivity index is 1.34. The molecule has 0 unspecified atom stereocenters. The van der Waals surface area contributed by atoms with Gasteiger partial charge in [-0.3, -0.25) is 14.5 Å². The first-order chi connectivity index (χ1) is 21.5. The quantitative estimate of drug-likeness (QED) is 0.208. The lowest BCUT2D eigenvalue weighted by Crippen LogP contribution is -2.39. The van der Waals surface area contributed by atoms with Crippen LogP contribution in [0.3, 0.4) is 0 Å². The number of aliphatic hydroxyl groups is 1. The minimum absolute atomic E-state index is 0.0121. The van der Waals surface area contributed by atoms with Crippen molar-refractivity contribution in [3.05, 3.63) is 89.0 Å². The Hall–Kier alpha value is -4.54. The van der Waals surface area contributed by atoms with Crippen molar-refractivity contribution in [1.82, 2.24) is 9.80 Å². The number of methoxy groups -OCH3 is 1. The van der Waals surface area contributed by atoms with Gasteiger partial charge in [-0.15, -0.1) is 0 Å². The number of amides is 1. The minimum Gasteiger partial charge on any atom is -0.507 e. The zero-order valence-electron chi connectivity index (χ0n) is 24.7. The fraction of sp³-hybridized carbons (Fsp3) is 0.353. The predicted molar refractivity (Wildman–Crippen MR) is 162 cm³/mol. The van der Waals surface area contributed by atoms with Gasteiger partial charge in [-0.05, 0) is 47.9 Å². The zero-order valence-corrected chi connectivity index (χ0v) is 24.7. The average molecular weight is 601 g/mol. The first-order valence-electron chi connectivity index (χ1n) is 14.9. The van der Waals surface area contributed by atoms with Gasteiger partial charge in [0.05, 0.1) is 31.9 Å². The number of Topliss-reactive ketones (excluding diaryl/α,β-unsaturated/α-hetero) is 1. The van der Waals surface area contributed by atoms with Crippen LogP contribution in [0.4, 0.5) is 0 Å². The van der Waals surface area contributed by atoms with E-state index in [1.54, 1.807) is 42.3 Å². The van der Waals surface area contributed by atoms with Crippen LogP contribution in [0.5, 0.6) is 23.0 Å². The Morgan fingerprint density at radius 1 is 0.886 bits per heavy atom. The van der Waals surface area contributed by atoms with E-state index >= 15 is 0 Å². The van der Waals surface area contributed by atoms with Gasteiger partial charge in [0.1, 0.15) is 25.6 Å². The number of rotatable bonds is 10. The van der Waals surface area contributed by atoms with Crippen LogP contribution in [-0.2, 0) is 20.9 Å². The fourth-order valence-corrected chi connectivity index (χ4v) is 5.80. The molecule has 0 radical (unpaired) electrons. The topological polar surface area (TPSA) is 107 Å². The molecule has 10 heteroatoms. The molecule has 1 amide bonds. The molecule has 2 saturated heterocycles. The lowest BCUT2D eigenvalue weighted by Gasteiger charge is -2.29. The zero-order chi connectivity index (χ0) is 30.5. The predicted octanol–water partition coefficient (Wildman–Crippen LogP) is 4.19. The molecule has 3 aliphatic heterocycles. The third-order valence-corrected chi connectivity index (χ3v) is 8.07. The normalized spacial score (nSPS) is 19.7. The average Bonchev–Trinajstić information content (AvgIpc) is 3.32. The highest BCUT2D eigenvalue weighted by molar-refractivity contribution is 6.46. The molecule has 0 bridgehead atoms. The summed E-state index contributed by atoms with van der Waals surface area (Å²) in [6, 6.07) is 19.3. The summed E-state index contributed by atoms with van der Waals surface area (Å²) in [7, 11) is 1.54. The van der Waals surface area contributed by atoms with Crippen LogP contribution in [0.25, 0.3) is 5.76 Å². The number of morpholine rings is 1. The molecule has 3 aromatic rings. The molecule has 1 N–H and O–H groups in total. The molecule has 1 atom stereocenters. The SMILES string of the molecule is COc1cc([C@@H]2C(=C(O)c3ccc4c(c3)OCCO4)C(=O)C(=O)N2CCCN2CCOCC2)ccc1OCc1ccccc1. The largest absolute Gasteiger partial charge is 0.507 e. The highest BCUT2D eigenvalue weighted by Crippen LogP contribution is 2.43. The van der Waals surface area contributed by atoms with Gasteiger partial charge in [-0.2, -0.15) is 0 Å². The van der Waals surface area contributed by atoms with Gasteiger partial charge >= 0.3 is 0 Å². The fourth-order valence-electron chi connectivity index (χ4n) is 5.80. The Labute approximate surface area is 256 Å². The van der Waals surface area contributed by atoms with Crippen LogP contribution < -0.4 is 18.9 Å². The van der Waals surface area contributed by atoms with E-state index in [1.807, 2.05) is 36.4 Å². The van der Waals surface area contributed by atoms with Crippen molar-refractivity contribution in [2.24, 2.45) is 0 Å². The molecule has 0 spiro atoms. The van der Waals surface area contributed by atoms with Crippen molar-refractivity contribution in [3.63, 3.8) is 0 Å². The first kappa shape index (κ1) is 29.5. The molecule has 3 aliphatic rings. The summed E-state index contributed by atoms with van der Waals surface area (Å²) in [5, 5.41) is 11.6. The Bertz CT molecular complexity index is 1530. The maximum atomic E-state index is 13.6. The number of hydrogen-bond donors (Lipinski definition) is 1. The molecule has 3 heterocycles. The summed E-state index contributed by atoms with van der Waals surface area (Å²) >= 11 is 0. The maximum Gasteiger partial charge on any atom is 0.295 e. The molecule has 0 aromatic heterocycles. The number of carbonyl (C=O) groups excluding carboxylic acids is 2. The Kier molecular flexibility index (Phi) is 8.99. The molecular formula is C34H36N2O8. The number of ether oxygens (including phenoxy) is 5. The van der Waals surface area contributed by atoms with E-state index in [-0.39, 0.29) is 11.3 Å². The molecule has 3 aromatic carbocycles. The van der Waals surface area contributed by atoms with E-state index < -0.39 is 17.7 Å². The van der Waals surface area contributed by atoms with Crippen LogP contribution in [0.1, 0.15) is 29.2 Å². The van der Waals surface area contributed by atoms with Gasteiger partial charge < -0.3 is 33.7 Å². The van der Waals surface area contributed by atoms with E-state index in [2.05, 4.69) is 4.90 Å². The Morgan fingerprint density at radius 3 is 2.43 bits per heavy atom. The van der Waals surface area contributed by atoms with Gasteiger partial charge in [-0.25, -0.2) is 0 Å². The van der Waals surface area contributed by atoms with Crippen LogP contribution in [-0.4, -0.2) is 86.3 Å². The van der Waals surface area contributed by atoms with Gasteiger partial charge in [0.15, 0.2) is 23.0 Å². The van der Waals surface area contributed by atoms with Crippen LogP contribution >= 0.6 is 0 Å². The number of carbonyl (C=O) groups is 2. The summed E-state index contributed by atoms with van der Waals surface area (Å²) in [6.07, 6.45) is 0.656. The second-order valence-corrected chi connectivity index (χ2v) is 10.8. The third-order valence-electron chi connectivity index (χ3n) is 8.07. The van der Waals surface area contributed by atoms with Crippen molar-refractivity contribution in [2.75, 3.05) is 59.7 Å². The van der Waals surface area contributed by atoms with E-state index in [1.165, 1.54) is 0 Å². The van der Waals surface area contributed by atoms with Gasteiger partial charge in [0.2, 0.25) is 0 Å². The summed E-state index contributed by atoms with van der Waals surface area (Å²) in [4.78, 5) is 31.0. The summed E-state index contributed by atoms with van der Waals surface area (Å²) < 4.78 is 28.5. The van der Waals surface area contributed by atoms with Crippen LogP contribution in [0, 0.1) is 0 Å². The molecule has 230 valence electrons. The Morgan fingerprint density at radius 2 is 1.66 bits per heavy atom. The second-order valence-electron chi connectivity index (χ2n) is 10.8. The highest BCUT2D eigenvalue weighted by Gasteiger charge is 2.46. The van der Waals surface area contributed by atoms with Gasteiger partial charge in [0.25, 0.3) is 11.7 Å². The third kappa shape index (κ3) is 6.22. The minimum atomic E-state index is -0.829. The molecule has 2 fully saturated rings. The maximum absolute atomic E-state index is 13.6. The number of nitrogens with zero attached hydrogens (tertiary/aromatic N) is 2. The van der Waals surface area contributed by atoms with Gasteiger partial charge in [0, 0.05) is 31.7 Å². The van der Waals surface area contributed by atoms with Crippen LogP contribution in [0.2, 0.25) is 0 Å². The van der Waals surface area contributed by atoms with Crippen molar-refractivity contribution in [1.29, 1.82) is 0 Å². The molecular weight excluding hydrogens is 564 g/mol. The smallest absolute Gasteiger partial charge is 0.295 e. The van der Waals surface area contributed by atoms with Crippen molar-refractivity contribution < 1.29 is 38.4 Å². The number of fused-ring (bicyclic) bond motifs is 1. The second kappa shape index (κ2) is 13.4. The highest BCUT2D eigenvalue weighted by atomic mass is 16.6. The molecule has 10 nitrogen and oxygen atoms in total. The van der Waals surface area contributed by atoms with E-state index in [0.717, 1.165) is 25.2 Å². The van der Waals surface area contributed by atoms with Crippen molar-refractivity contribution in [3.8, 4) is 23.0 Å². The summed E-state index contributed by atoms with van der Waals surface area (Å²) in [5.74, 6) is 0.343. The number of hydrogen-bond acceptors (Lipinski definition) is 9. The van der Waals surface area contributed by atoms with E-state index in [0.29, 0.717) is 80.1 Å². The molecule has 6 rings (SSSR count). The van der Waals surface area contributed by atoms with Crippen molar-refractivity contribution >= 4 is 17.4 Å². The van der Waals surface area contributed by atoms with Crippen molar-refractivity contribution in [2.45, 2.75) is 19.1 Å². The number of ketones is 1. The lowest BCUT2D eigenvalue weighted by atomic mass is 9.94. The number of likely N-dealkylation sites (tertiary alicyclic amines) is 1. The first-order valence-corrected chi connectivity index (χ1v) is 14.9. The van der Waals surface area contributed by atoms with Gasteiger partial charge in [-0.1, -0.05) is 36.4 Å². The van der Waals surface area contributed by atoms with E-state index in [9.17, 15) is 14.7 Å². The van der Waals surface area contributed by atoms with E-state index in [4.69, 9.17) is 23.7 Å². The monoisotopic (exact) mass is 600 g/mol. The number of benzene rings is 3. The summed E-state index contributed by atoms with van der Waals surface area (Å²) in [5.41, 5.74) is 2.00. The lowest BCUT2D eigenvalue weighted by molar-refractivity contribution is -0.140. The number of aliphatic hydroxyl groups excluding tert-OH is 1. The molecule has 44 heavy (non-hydrogen) atoms. The standard InChI is InChI=1S/C34H36N2O8/c1-40-28-20-24(8-10-26(28)44-22-23-6-3-2-4-7-23)31-30(32(37)25-9-11-27-29(21-25)43-19-18-42-27)33(38)34(39)36(31)13-5-12-35-14-16-41-17-15-35/h2-4,6-11,20-21,31,37H,5,12-19,22H2,1H3/t31-/m1/s1. The molecule has 0 aliphatic carbocycles.